The van der Waals surface area contributed by atoms with Crippen LogP contribution in [0.4, 0.5) is 13.2 Å². The van der Waals surface area contributed by atoms with Gasteiger partial charge < -0.3 is 38.0 Å². The number of halogens is 3. The Morgan fingerprint density at radius 3 is 2.03 bits per heavy atom. The van der Waals surface area contributed by atoms with E-state index in [4.69, 9.17) is 38.0 Å². The van der Waals surface area contributed by atoms with Crippen LogP contribution in [0, 0.1) is 0 Å². The van der Waals surface area contributed by atoms with Crippen LogP contribution >= 0.6 is 0 Å². The van der Waals surface area contributed by atoms with Gasteiger partial charge in [-0.1, -0.05) is 20.1 Å². The molecule has 1 N–H and O–H groups in total. The molecule has 0 aliphatic carbocycles. The molecule has 63 heavy (non-hydrogen) atoms. The highest BCUT2D eigenvalue weighted by atomic mass is 19.4. The van der Waals surface area contributed by atoms with Gasteiger partial charge in [-0.2, -0.15) is 4.48 Å². The van der Waals surface area contributed by atoms with Crippen molar-refractivity contribution in [3.63, 3.8) is 0 Å². The number of nitrogens with zero attached hydrogens (tertiary/aromatic N) is 2. The molecule has 19 heteroatoms. The Balaban J connectivity index is 1.20. The maximum Gasteiger partial charge on any atom is 0.565 e. The molecule has 3 aromatic rings. The zero-order valence-electron chi connectivity index (χ0n) is 34.5. The van der Waals surface area contributed by atoms with E-state index in [0.29, 0.717) is 37.2 Å². The van der Waals surface area contributed by atoms with Gasteiger partial charge in [-0.3, -0.25) is 0 Å². The first-order chi connectivity index (χ1) is 30.1. The van der Waals surface area contributed by atoms with Gasteiger partial charge >= 0.3 is 36.1 Å². The summed E-state index contributed by atoms with van der Waals surface area (Å²) >= 11 is 0. The number of quaternary nitrogens is 1. The lowest BCUT2D eigenvalue weighted by molar-refractivity contribution is -0.880. The van der Waals surface area contributed by atoms with Crippen molar-refractivity contribution < 1.29 is 79.6 Å². The number of nitrogens with one attached hydrogen (secondary N) is 1. The number of esters is 5. The molecular formula is C44H47F3N3O13+. The minimum atomic E-state index is -4.49. The van der Waals surface area contributed by atoms with E-state index in [-0.39, 0.29) is 61.3 Å². The molecule has 1 fully saturated rings. The summed E-state index contributed by atoms with van der Waals surface area (Å²) in [6, 6.07) is 16.6. The van der Waals surface area contributed by atoms with Crippen molar-refractivity contribution in [2.24, 2.45) is 4.99 Å². The van der Waals surface area contributed by atoms with Gasteiger partial charge in [0.1, 0.15) is 49.5 Å². The van der Waals surface area contributed by atoms with Crippen LogP contribution in [0.25, 0.3) is 0 Å². The lowest BCUT2D eigenvalue weighted by Crippen LogP contribution is -2.36. The van der Waals surface area contributed by atoms with E-state index >= 15 is 0 Å². The number of ether oxygens (including phenoxy) is 7. The van der Waals surface area contributed by atoms with Crippen molar-refractivity contribution in [3.8, 4) is 23.0 Å². The first-order valence-corrected chi connectivity index (χ1v) is 19.5. The summed E-state index contributed by atoms with van der Waals surface area (Å²) in [6.45, 7) is 10.3. The highest BCUT2D eigenvalue weighted by molar-refractivity contribution is 5.92. The predicted molar refractivity (Wildman–Crippen MR) is 218 cm³/mol. The molecular weight excluding hydrogens is 835 g/mol. The molecule has 0 amide bonds. The highest BCUT2D eigenvalue weighted by Gasteiger charge is 2.63. The van der Waals surface area contributed by atoms with E-state index < -0.39 is 53.0 Å². The van der Waals surface area contributed by atoms with Crippen LogP contribution in [0.1, 0.15) is 53.0 Å². The number of aryl methyl sites for hydroxylation is 1. The molecule has 336 valence electrons. The Bertz CT molecular complexity index is 2120. The lowest BCUT2D eigenvalue weighted by Gasteiger charge is -2.18. The summed E-state index contributed by atoms with van der Waals surface area (Å²) in [5, 5.41) is 0. The number of benzene rings is 3. The van der Waals surface area contributed by atoms with Gasteiger partial charge in [0, 0.05) is 18.8 Å². The molecule has 16 nitrogen and oxygen atoms in total. The van der Waals surface area contributed by atoms with Crippen molar-refractivity contribution in [1.29, 1.82) is 0 Å². The van der Waals surface area contributed by atoms with Gasteiger partial charge in [0.05, 0.1) is 30.4 Å². The fraction of sp³-hybridized carbons (Fsp3) is 0.318. The van der Waals surface area contributed by atoms with Crippen molar-refractivity contribution in [3.05, 3.63) is 121 Å². The Kier molecular flexibility index (Phi) is 18.4. The second kappa shape index (κ2) is 23.9. The number of hydroxylamine groups is 1. The van der Waals surface area contributed by atoms with Crippen LogP contribution in [0.5, 0.6) is 23.0 Å². The molecule has 2 atom stereocenters. The summed E-state index contributed by atoms with van der Waals surface area (Å²) in [6.07, 6.45) is 0.0314. The maximum atomic E-state index is 13.0. The van der Waals surface area contributed by atoms with Crippen LogP contribution in [0.2, 0.25) is 0 Å². The standard InChI is InChI=1S/C44H47F3N3O13/c1-5-31-26-36(61-42(54)32-12-16-35(17-13-32)63-49-29-48-30(4)59-41(53)20-21-50(22-23-50)44(45,46)47)18-19-38(31)62-43(55)33-10-14-34(15-11-33)58-28-37(60-40(52)7-3)27-56-24-8-9-25-57-39(51)6-2/h6-7,10-21,26,29-30,37H,2-3,5,8-9,22-25,27-28H2,1,4H3,(H,48,49)/q+1/b21-20+. The number of aliphatic imine (C=N–C) groups is 1. The molecule has 0 aromatic heterocycles. The Morgan fingerprint density at radius 1 is 0.794 bits per heavy atom. The SMILES string of the molecule is C=CC(=O)OCCCCOCC(COc1ccc(C(=O)Oc2ccc(OC(=O)c3ccc(ONC=NC(C)OC(=O)/C=C/[N+]4(C(F)(F)F)CC4)cc3)cc2CC)cc1)OC(=O)C=C. The Labute approximate surface area is 361 Å². The van der Waals surface area contributed by atoms with Crippen molar-refractivity contribution in [2.45, 2.75) is 51.7 Å². The molecule has 3 aromatic carbocycles. The predicted octanol–water partition coefficient (Wildman–Crippen LogP) is 6.35. The Morgan fingerprint density at radius 2 is 1.41 bits per heavy atom. The Hall–Kier alpha value is -6.99. The molecule has 0 spiro atoms. The van der Waals surface area contributed by atoms with E-state index in [0.717, 1.165) is 30.8 Å². The highest BCUT2D eigenvalue weighted by Crippen LogP contribution is 2.39. The molecule has 1 aliphatic rings. The molecule has 1 aliphatic heterocycles. The number of alkyl halides is 3. The molecule has 4 rings (SSSR count). The number of hydrogen-bond acceptors (Lipinski definition) is 14. The normalized spacial score (nSPS) is 13.9. The van der Waals surface area contributed by atoms with E-state index in [9.17, 15) is 37.1 Å². The number of rotatable bonds is 25. The van der Waals surface area contributed by atoms with Crippen molar-refractivity contribution in [2.75, 3.05) is 39.5 Å². The number of unbranched alkanes of at least 4 members (excludes halogenated alkanes) is 1. The molecule has 0 bridgehead atoms. The zero-order chi connectivity index (χ0) is 45.8. The lowest BCUT2D eigenvalue weighted by atomic mass is 10.1. The minimum Gasteiger partial charge on any atom is -0.490 e. The van der Waals surface area contributed by atoms with E-state index in [2.05, 4.69) is 23.6 Å². The average molecular weight is 883 g/mol. The van der Waals surface area contributed by atoms with Crippen LogP contribution in [0.15, 0.2) is 109 Å². The van der Waals surface area contributed by atoms with Crippen LogP contribution < -0.4 is 24.5 Å². The zero-order valence-corrected chi connectivity index (χ0v) is 34.5. The third-order valence-electron chi connectivity index (χ3n) is 8.80. The second-order valence-electron chi connectivity index (χ2n) is 13.5. The summed E-state index contributed by atoms with van der Waals surface area (Å²) < 4.78 is 75.5. The van der Waals surface area contributed by atoms with Gasteiger partial charge in [0.2, 0.25) is 0 Å². The monoisotopic (exact) mass is 882 g/mol. The molecule has 2 unspecified atom stereocenters. The van der Waals surface area contributed by atoms with Gasteiger partial charge in [0.25, 0.3) is 0 Å². The molecule has 1 saturated heterocycles. The third-order valence-corrected chi connectivity index (χ3v) is 8.80. The largest absolute Gasteiger partial charge is 0.565 e. The third kappa shape index (κ3) is 16.1. The fourth-order valence-corrected chi connectivity index (χ4v) is 5.20. The van der Waals surface area contributed by atoms with Gasteiger partial charge in [-0.15, -0.1) is 13.2 Å². The molecule has 0 saturated carbocycles. The quantitative estimate of drug-likeness (QED) is 0.00848. The topological polar surface area (TPSA) is 184 Å². The van der Waals surface area contributed by atoms with Gasteiger partial charge in [-0.05, 0) is 98.5 Å². The smallest absolute Gasteiger partial charge is 0.490 e. The van der Waals surface area contributed by atoms with E-state index in [1.54, 1.807) is 18.2 Å². The fourth-order valence-electron chi connectivity index (χ4n) is 5.20. The summed E-state index contributed by atoms with van der Waals surface area (Å²) in [5.41, 5.74) is 3.43. The van der Waals surface area contributed by atoms with Crippen molar-refractivity contribution >= 4 is 36.2 Å². The van der Waals surface area contributed by atoms with Gasteiger partial charge in [0.15, 0.2) is 18.1 Å². The minimum absolute atomic E-state index is 0.0438. The van der Waals surface area contributed by atoms with E-state index in [1.165, 1.54) is 55.5 Å². The summed E-state index contributed by atoms with van der Waals surface area (Å²) in [7, 11) is 0. The molecule has 0 radical (unpaired) electrons. The molecule has 1 heterocycles. The second-order valence-corrected chi connectivity index (χ2v) is 13.5. The van der Waals surface area contributed by atoms with Crippen LogP contribution in [-0.2, 0) is 39.8 Å². The summed E-state index contributed by atoms with van der Waals surface area (Å²) in [5.74, 6) is -2.30. The summed E-state index contributed by atoms with van der Waals surface area (Å²) in [4.78, 5) is 70.0. The van der Waals surface area contributed by atoms with Crippen LogP contribution in [-0.4, -0.2) is 98.8 Å². The maximum absolute atomic E-state index is 13.0. The average Bonchev–Trinajstić information content (AvgIpc) is 4.08. The van der Waals surface area contributed by atoms with Crippen LogP contribution in [0.3, 0.4) is 0 Å². The van der Waals surface area contributed by atoms with E-state index in [1.807, 2.05) is 6.92 Å². The first kappa shape index (κ1) is 48.7. The van der Waals surface area contributed by atoms with Gasteiger partial charge in [-0.25, -0.2) is 34.4 Å². The first-order valence-electron chi connectivity index (χ1n) is 19.5. The number of carbonyl (C=O) groups is 5. The van der Waals surface area contributed by atoms with Crippen molar-refractivity contribution in [1.82, 2.24) is 5.48 Å². The number of hydrogen-bond donors (Lipinski definition) is 1. The number of carbonyl (C=O) groups excluding carboxylic acids is 5.